The Balaban J connectivity index is 2.86. The number of carboxylic acids is 1. The largest absolute Gasteiger partial charge is 0.476 e. The number of rotatable bonds is 9. The van der Waals surface area contributed by atoms with E-state index < -0.39 is 15.8 Å². The van der Waals surface area contributed by atoms with E-state index in [2.05, 4.69) is 10.3 Å². The Morgan fingerprint density at radius 1 is 1.40 bits per heavy atom. The summed E-state index contributed by atoms with van der Waals surface area (Å²) < 4.78 is 29.6. The predicted molar refractivity (Wildman–Crippen MR) is 71.5 cm³/mol. The van der Waals surface area contributed by atoms with E-state index in [1.165, 1.54) is 11.8 Å². The molecular weight excluding hydrogens is 286 g/mol. The third kappa shape index (κ3) is 4.57. The lowest BCUT2D eigenvalue weighted by molar-refractivity contribution is 0.0688. The number of hydrogen-bond acceptors (Lipinski definition) is 6. The second-order valence-electron chi connectivity index (χ2n) is 4.31. The molecule has 0 saturated heterocycles. The zero-order valence-corrected chi connectivity index (χ0v) is 12.4. The van der Waals surface area contributed by atoms with Gasteiger partial charge in [0.1, 0.15) is 0 Å². The fourth-order valence-corrected chi connectivity index (χ4v) is 3.04. The minimum absolute atomic E-state index is 0.0801. The third-order valence-corrected chi connectivity index (χ3v) is 4.55. The van der Waals surface area contributed by atoms with Crippen LogP contribution in [0.4, 0.5) is 0 Å². The molecule has 8 nitrogen and oxygen atoms in total. The van der Waals surface area contributed by atoms with Crippen LogP contribution in [0.5, 0.6) is 0 Å². The van der Waals surface area contributed by atoms with E-state index in [9.17, 15) is 13.2 Å². The van der Waals surface area contributed by atoms with Crippen molar-refractivity contribution in [1.29, 1.82) is 0 Å². The number of hydrogen-bond donors (Lipinski definition) is 1. The van der Waals surface area contributed by atoms with E-state index in [4.69, 9.17) is 9.84 Å². The van der Waals surface area contributed by atoms with Crippen LogP contribution in [0.2, 0.25) is 0 Å². The summed E-state index contributed by atoms with van der Waals surface area (Å²) in [6.07, 6.45) is 0.871. The molecule has 0 radical (unpaired) electrons. The number of ether oxygens (including phenoxy) is 1. The van der Waals surface area contributed by atoms with E-state index >= 15 is 0 Å². The molecule has 0 aliphatic heterocycles. The second kappa shape index (κ2) is 7.34. The van der Waals surface area contributed by atoms with Gasteiger partial charge in [-0.25, -0.2) is 17.9 Å². The van der Waals surface area contributed by atoms with Crippen LogP contribution in [0.25, 0.3) is 0 Å². The summed E-state index contributed by atoms with van der Waals surface area (Å²) in [7, 11) is -1.65. The second-order valence-corrected chi connectivity index (χ2v) is 6.61. The van der Waals surface area contributed by atoms with Crippen molar-refractivity contribution in [1.82, 2.24) is 15.0 Å². The number of nitrogens with zero attached hydrogens (tertiary/aromatic N) is 3. The summed E-state index contributed by atoms with van der Waals surface area (Å²) in [6.45, 7) is 2.20. The number of carbonyl (C=O) groups is 1. The minimum Gasteiger partial charge on any atom is -0.476 e. The van der Waals surface area contributed by atoms with Crippen molar-refractivity contribution >= 4 is 15.8 Å². The van der Waals surface area contributed by atoms with Crippen molar-refractivity contribution in [3.05, 3.63) is 11.4 Å². The maximum Gasteiger partial charge on any atom is 0.358 e. The topological polar surface area (TPSA) is 111 Å². The number of aryl methyl sites for hydroxylation is 1. The van der Waals surface area contributed by atoms with Crippen LogP contribution >= 0.6 is 0 Å². The first-order chi connectivity index (χ1) is 9.41. The molecule has 0 atom stereocenters. The van der Waals surface area contributed by atoms with Crippen molar-refractivity contribution in [2.24, 2.45) is 0 Å². The maximum atomic E-state index is 11.7. The third-order valence-electron chi connectivity index (χ3n) is 2.71. The van der Waals surface area contributed by atoms with Gasteiger partial charge in [0.25, 0.3) is 0 Å². The molecule has 0 spiro atoms. The molecule has 9 heteroatoms. The Bertz CT molecular complexity index is 552. The highest BCUT2D eigenvalue weighted by molar-refractivity contribution is 7.91. The summed E-state index contributed by atoms with van der Waals surface area (Å²) in [5.41, 5.74) is 0.223. The van der Waals surface area contributed by atoms with Crippen molar-refractivity contribution in [2.45, 2.75) is 26.3 Å². The zero-order chi connectivity index (χ0) is 15.2. The number of aromatic nitrogens is 3. The van der Waals surface area contributed by atoms with Crippen LogP contribution in [0.3, 0.4) is 0 Å². The molecular formula is C11H19N3O5S. The van der Waals surface area contributed by atoms with Gasteiger partial charge in [0.15, 0.2) is 15.5 Å². The Labute approximate surface area is 117 Å². The van der Waals surface area contributed by atoms with Crippen LogP contribution in [0.15, 0.2) is 0 Å². The Kier molecular flexibility index (Phi) is 6.08. The number of carboxylic acid groups (broad SMARTS) is 1. The summed E-state index contributed by atoms with van der Waals surface area (Å²) in [5, 5.41) is 16.3. The highest BCUT2D eigenvalue weighted by Gasteiger charge is 2.20. The molecule has 0 aliphatic rings. The number of sulfone groups is 1. The summed E-state index contributed by atoms with van der Waals surface area (Å²) >= 11 is 0. The highest BCUT2D eigenvalue weighted by Crippen LogP contribution is 2.08. The van der Waals surface area contributed by atoms with Crippen LogP contribution in [0.1, 0.15) is 29.5 Å². The first kappa shape index (κ1) is 16.6. The van der Waals surface area contributed by atoms with Gasteiger partial charge in [-0.15, -0.1) is 5.10 Å². The van der Waals surface area contributed by atoms with Crippen LogP contribution in [-0.4, -0.2) is 59.7 Å². The van der Waals surface area contributed by atoms with Crippen LogP contribution < -0.4 is 0 Å². The van der Waals surface area contributed by atoms with Crippen molar-refractivity contribution in [2.75, 3.05) is 25.2 Å². The van der Waals surface area contributed by atoms with Gasteiger partial charge in [0.2, 0.25) is 0 Å². The summed E-state index contributed by atoms with van der Waals surface area (Å²) in [6, 6.07) is 0. The average Bonchev–Trinajstić information content (AvgIpc) is 2.77. The highest BCUT2D eigenvalue weighted by atomic mass is 32.2. The fraction of sp³-hybridized carbons (Fsp3) is 0.727. The van der Waals surface area contributed by atoms with Gasteiger partial charge in [0.05, 0.1) is 24.6 Å². The fourth-order valence-electron chi connectivity index (χ4n) is 1.76. The normalized spacial score (nSPS) is 11.7. The first-order valence-electron chi connectivity index (χ1n) is 6.26. The molecule has 1 heterocycles. The summed E-state index contributed by atoms with van der Waals surface area (Å²) in [4.78, 5) is 11.0. The van der Waals surface area contributed by atoms with E-state index in [1.807, 2.05) is 0 Å². The molecule has 0 amide bonds. The predicted octanol–water partition coefficient (Wildman–Crippen LogP) is -0.01000. The van der Waals surface area contributed by atoms with Gasteiger partial charge in [-0.3, -0.25) is 0 Å². The van der Waals surface area contributed by atoms with E-state index in [1.54, 1.807) is 6.92 Å². The molecule has 1 N–H and O–H groups in total. The summed E-state index contributed by atoms with van der Waals surface area (Å²) in [5.74, 6) is -1.15. The van der Waals surface area contributed by atoms with Gasteiger partial charge in [-0.05, 0) is 6.42 Å². The quantitative estimate of drug-likeness (QED) is 0.683. The smallest absolute Gasteiger partial charge is 0.358 e. The van der Waals surface area contributed by atoms with Gasteiger partial charge >= 0.3 is 5.97 Å². The van der Waals surface area contributed by atoms with Crippen molar-refractivity contribution in [3.8, 4) is 0 Å². The van der Waals surface area contributed by atoms with Crippen molar-refractivity contribution in [3.63, 3.8) is 0 Å². The van der Waals surface area contributed by atoms with Gasteiger partial charge in [-0.2, -0.15) is 0 Å². The molecule has 0 aromatic carbocycles. The number of aromatic carboxylic acids is 1. The van der Waals surface area contributed by atoms with Gasteiger partial charge in [-0.1, -0.05) is 12.1 Å². The van der Waals surface area contributed by atoms with Crippen molar-refractivity contribution < 1.29 is 23.1 Å². The lowest BCUT2D eigenvalue weighted by Crippen LogP contribution is -2.19. The van der Waals surface area contributed by atoms with Crippen LogP contribution in [0, 0.1) is 0 Å². The molecule has 0 saturated carbocycles. The monoisotopic (exact) mass is 305 g/mol. The Hall–Kier alpha value is -1.48. The van der Waals surface area contributed by atoms with E-state index in [0.29, 0.717) is 25.1 Å². The average molecular weight is 305 g/mol. The lowest BCUT2D eigenvalue weighted by atomic mass is 10.2. The SMILES string of the molecule is CCCS(=O)(=O)CCn1nnc(C(=O)O)c1CCOC. The van der Waals surface area contributed by atoms with Crippen LogP contribution in [-0.2, 0) is 27.5 Å². The standard InChI is InChI=1S/C11H19N3O5S/c1-3-7-20(17,18)8-5-14-9(4-6-19-2)10(11(15)16)12-13-14/h3-8H2,1-2H3,(H,15,16). The zero-order valence-electron chi connectivity index (χ0n) is 11.6. The van der Waals surface area contributed by atoms with Gasteiger partial charge in [0, 0.05) is 19.3 Å². The number of methoxy groups -OCH3 is 1. The molecule has 1 aromatic heterocycles. The maximum absolute atomic E-state index is 11.7. The Morgan fingerprint density at radius 2 is 2.10 bits per heavy atom. The molecule has 0 unspecified atom stereocenters. The molecule has 114 valence electrons. The molecule has 0 bridgehead atoms. The van der Waals surface area contributed by atoms with E-state index in [-0.39, 0.29) is 23.7 Å². The minimum atomic E-state index is -3.15. The van der Waals surface area contributed by atoms with E-state index in [0.717, 1.165) is 0 Å². The lowest BCUT2D eigenvalue weighted by Gasteiger charge is -2.07. The molecule has 20 heavy (non-hydrogen) atoms. The molecule has 1 rings (SSSR count). The first-order valence-corrected chi connectivity index (χ1v) is 8.08. The molecule has 0 aliphatic carbocycles. The van der Waals surface area contributed by atoms with Gasteiger partial charge < -0.3 is 9.84 Å². The molecule has 0 fully saturated rings. The molecule has 1 aromatic rings. The Morgan fingerprint density at radius 3 is 2.65 bits per heavy atom.